The molecule has 94 valence electrons. The van der Waals surface area contributed by atoms with Gasteiger partial charge in [-0.25, -0.2) is 0 Å². The number of allylic oxidation sites excluding steroid dienone is 1. The maximum Gasteiger partial charge on any atom is 0.146 e. The van der Waals surface area contributed by atoms with E-state index in [0.717, 1.165) is 22.2 Å². The standard InChI is InChI=1S/C16H19NO/c1-5-16(3,4)15(18)10-13-11(2)17-14-9-7-6-8-12(13)14/h5-9,17H,1,10H2,2-4H3. The van der Waals surface area contributed by atoms with E-state index in [1.165, 1.54) is 0 Å². The molecule has 0 bridgehead atoms. The topological polar surface area (TPSA) is 32.9 Å². The molecule has 2 rings (SSSR count). The van der Waals surface area contributed by atoms with Gasteiger partial charge in [-0.15, -0.1) is 6.58 Å². The fraction of sp³-hybridized carbons (Fsp3) is 0.312. The molecular weight excluding hydrogens is 222 g/mol. The highest BCUT2D eigenvalue weighted by atomic mass is 16.1. The van der Waals surface area contributed by atoms with Crippen molar-refractivity contribution in [3.05, 3.63) is 48.2 Å². The van der Waals surface area contributed by atoms with Gasteiger partial charge in [-0.05, 0) is 32.4 Å². The molecule has 0 radical (unpaired) electrons. The van der Waals surface area contributed by atoms with Crippen molar-refractivity contribution in [1.29, 1.82) is 0 Å². The van der Waals surface area contributed by atoms with Crippen LogP contribution in [0.4, 0.5) is 0 Å². The number of fused-ring (bicyclic) bond motifs is 1. The number of carbonyl (C=O) groups is 1. The Bertz CT molecular complexity index is 605. The van der Waals surface area contributed by atoms with Gasteiger partial charge in [-0.3, -0.25) is 4.79 Å². The smallest absolute Gasteiger partial charge is 0.146 e. The lowest BCUT2D eigenvalue weighted by atomic mass is 9.84. The molecule has 0 saturated heterocycles. The molecule has 2 heteroatoms. The van der Waals surface area contributed by atoms with Crippen LogP contribution in [0.25, 0.3) is 10.9 Å². The third kappa shape index (κ3) is 2.10. The van der Waals surface area contributed by atoms with Crippen LogP contribution in [0.5, 0.6) is 0 Å². The normalized spacial score (nSPS) is 11.7. The predicted octanol–water partition coefficient (Wildman–Crippen LogP) is 3.80. The third-order valence-corrected chi connectivity index (χ3v) is 3.59. The van der Waals surface area contributed by atoms with Crippen molar-refractivity contribution in [2.75, 3.05) is 0 Å². The molecule has 1 N–H and O–H groups in total. The highest BCUT2D eigenvalue weighted by molar-refractivity contribution is 5.93. The first kappa shape index (κ1) is 12.6. The predicted molar refractivity (Wildman–Crippen MR) is 75.7 cm³/mol. The molecule has 2 nitrogen and oxygen atoms in total. The number of carbonyl (C=O) groups excluding carboxylic acids is 1. The van der Waals surface area contributed by atoms with Crippen LogP contribution in [0.15, 0.2) is 36.9 Å². The van der Waals surface area contributed by atoms with E-state index in [-0.39, 0.29) is 5.78 Å². The van der Waals surface area contributed by atoms with Crippen LogP contribution >= 0.6 is 0 Å². The zero-order valence-corrected chi connectivity index (χ0v) is 11.2. The summed E-state index contributed by atoms with van der Waals surface area (Å²) in [5.41, 5.74) is 2.80. The summed E-state index contributed by atoms with van der Waals surface area (Å²) in [5.74, 6) is 0.199. The van der Waals surface area contributed by atoms with E-state index in [2.05, 4.69) is 17.6 Å². The van der Waals surface area contributed by atoms with Crippen LogP contribution in [0.2, 0.25) is 0 Å². The first-order valence-corrected chi connectivity index (χ1v) is 6.19. The molecule has 0 fully saturated rings. The minimum Gasteiger partial charge on any atom is -0.358 e. The largest absolute Gasteiger partial charge is 0.358 e. The molecule has 0 aliphatic carbocycles. The summed E-state index contributed by atoms with van der Waals surface area (Å²) >= 11 is 0. The van der Waals surface area contributed by atoms with Gasteiger partial charge >= 0.3 is 0 Å². The highest BCUT2D eigenvalue weighted by Gasteiger charge is 2.25. The fourth-order valence-electron chi connectivity index (χ4n) is 2.06. The molecule has 0 aliphatic heterocycles. The molecule has 0 unspecified atom stereocenters. The quantitative estimate of drug-likeness (QED) is 0.811. The Balaban J connectivity index is 2.41. The van der Waals surface area contributed by atoms with Crippen molar-refractivity contribution in [1.82, 2.24) is 4.98 Å². The Labute approximate surface area is 108 Å². The van der Waals surface area contributed by atoms with E-state index in [1.807, 2.05) is 39.0 Å². The van der Waals surface area contributed by atoms with E-state index in [4.69, 9.17) is 0 Å². The van der Waals surface area contributed by atoms with Gasteiger partial charge in [-0.1, -0.05) is 24.3 Å². The molecule has 0 amide bonds. The number of benzene rings is 1. The van der Waals surface area contributed by atoms with E-state index in [0.29, 0.717) is 6.42 Å². The molecule has 0 saturated carbocycles. The Morgan fingerprint density at radius 1 is 1.39 bits per heavy atom. The van der Waals surface area contributed by atoms with Gasteiger partial charge in [0.1, 0.15) is 5.78 Å². The van der Waals surface area contributed by atoms with Crippen molar-refractivity contribution in [2.24, 2.45) is 5.41 Å². The van der Waals surface area contributed by atoms with E-state index in [9.17, 15) is 4.79 Å². The van der Waals surface area contributed by atoms with Crippen molar-refractivity contribution < 1.29 is 4.79 Å². The molecule has 1 heterocycles. The molecular formula is C16H19NO. The number of aryl methyl sites for hydroxylation is 1. The van der Waals surface area contributed by atoms with E-state index < -0.39 is 5.41 Å². The number of aromatic amines is 1. The second-order valence-corrected chi connectivity index (χ2v) is 5.30. The fourth-order valence-corrected chi connectivity index (χ4v) is 2.06. The lowest BCUT2D eigenvalue weighted by Gasteiger charge is -2.17. The lowest BCUT2D eigenvalue weighted by molar-refractivity contribution is -0.124. The van der Waals surface area contributed by atoms with Crippen molar-refractivity contribution in [2.45, 2.75) is 27.2 Å². The van der Waals surface area contributed by atoms with Gasteiger partial charge < -0.3 is 4.98 Å². The monoisotopic (exact) mass is 241 g/mol. The molecule has 1 aromatic carbocycles. The minimum atomic E-state index is -0.467. The highest BCUT2D eigenvalue weighted by Crippen LogP contribution is 2.26. The number of Topliss-reactive ketones (excluding diaryl/α,β-unsaturated/α-hetero) is 1. The number of aromatic nitrogens is 1. The summed E-state index contributed by atoms with van der Waals surface area (Å²) in [6.07, 6.45) is 2.17. The SMILES string of the molecule is C=CC(C)(C)C(=O)Cc1c(C)[nH]c2ccccc12. The van der Waals surface area contributed by atoms with Crippen molar-refractivity contribution in [3.63, 3.8) is 0 Å². The maximum atomic E-state index is 12.3. The Kier molecular flexibility index (Phi) is 3.12. The van der Waals surface area contributed by atoms with E-state index in [1.54, 1.807) is 6.08 Å². The second kappa shape index (κ2) is 4.45. The van der Waals surface area contributed by atoms with Crippen LogP contribution in [0, 0.1) is 12.3 Å². The van der Waals surface area contributed by atoms with Gasteiger partial charge in [0.05, 0.1) is 0 Å². The van der Waals surface area contributed by atoms with Crippen molar-refractivity contribution >= 4 is 16.7 Å². The lowest BCUT2D eigenvalue weighted by Crippen LogP contribution is -2.23. The summed E-state index contributed by atoms with van der Waals surface area (Å²) in [5, 5.41) is 1.14. The first-order valence-electron chi connectivity index (χ1n) is 6.19. The van der Waals surface area contributed by atoms with Crippen molar-refractivity contribution in [3.8, 4) is 0 Å². The second-order valence-electron chi connectivity index (χ2n) is 5.30. The van der Waals surface area contributed by atoms with Crippen LogP contribution in [-0.4, -0.2) is 10.8 Å². The number of hydrogen-bond acceptors (Lipinski definition) is 1. The van der Waals surface area contributed by atoms with Crippen LogP contribution in [0.3, 0.4) is 0 Å². The maximum absolute atomic E-state index is 12.3. The van der Waals surface area contributed by atoms with Gasteiger partial charge in [0.2, 0.25) is 0 Å². The van der Waals surface area contributed by atoms with Crippen LogP contribution in [0.1, 0.15) is 25.1 Å². The Morgan fingerprint density at radius 2 is 2.06 bits per heavy atom. The number of nitrogens with one attached hydrogen (secondary N) is 1. The summed E-state index contributed by atoms with van der Waals surface area (Å²) in [6.45, 7) is 9.57. The number of rotatable bonds is 4. The zero-order valence-electron chi connectivity index (χ0n) is 11.2. The zero-order chi connectivity index (χ0) is 13.3. The number of hydrogen-bond donors (Lipinski definition) is 1. The number of ketones is 1. The first-order chi connectivity index (χ1) is 8.45. The van der Waals surface area contributed by atoms with Gasteiger partial charge in [0.15, 0.2) is 0 Å². The molecule has 1 aromatic heterocycles. The Morgan fingerprint density at radius 3 is 2.72 bits per heavy atom. The number of H-pyrrole nitrogens is 1. The van der Waals surface area contributed by atoms with Gasteiger partial charge in [-0.2, -0.15) is 0 Å². The summed E-state index contributed by atoms with van der Waals surface area (Å²) in [4.78, 5) is 15.6. The molecule has 0 spiro atoms. The molecule has 0 atom stereocenters. The molecule has 18 heavy (non-hydrogen) atoms. The Hall–Kier alpha value is -1.83. The van der Waals surface area contributed by atoms with E-state index >= 15 is 0 Å². The van der Waals surface area contributed by atoms with Crippen LogP contribution in [-0.2, 0) is 11.2 Å². The van der Waals surface area contributed by atoms with Gasteiger partial charge in [0, 0.05) is 28.4 Å². The average molecular weight is 241 g/mol. The number of para-hydroxylation sites is 1. The summed E-state index contributed by atoms with van der Waals surface area (Å²) < 4.78 is 0. The average Bonchev–Trinajstić information content (AvgIpc) is 2.66. The minimum absolute atomic E-state index is 0.199. The summed E-state index contributed by atoms with van der Waals surface area (Å²) in [7, 11) is 0. The van der Waals surface area contributed by atoms with Crippen LogP contribution < -0.4 is 0 Å². The third-order valence-electron chi connectivity index (χ3n) is 3.59. The molecule has 2 aromatic rings. The molecule has 0 aliphatic rings. The summed E-state index contributed by atoms with van der Waals surface area (Å²) in [6, 6.07) is 8.09. The van der Waals surface area contributed by atoms with Gasteiger partial charge in [0.25, 0.3) is 0 Å².